The third-order valence-electron chi connectivity index (χ3n) is 3.52. The molecule has 3 rings (SSSR count). The van der Waals surface area contributed by atoms with Crippen molar-refractivity contribution in [1.29, 1.82) is 0 Å². The third kappa shape index (κ3) is 2.92. The smallest absolute Gasteiger partial charge is 0.358 e. The first-order chi connectivity index (χ1) is 10.3. The normalized spacial score (nSPS) is 18.6. The molecule has 0 radical (unpaired) electrons. The van der Waals surface area contributed by atoms with Crippen molar-refractivity contribution >= 4 is 5.97 Å². The molecule has 7 heteroatoms. The number of ether oxygens (including phenoxy) is 1. The standard InChI is InChI=1S/C14H16N4O3/c19-14(20)12-13(10-4-3-6-15-8-10)18(17-16-12)9-11-5-1-2-7-21-11/h3-4,6,8,11H,1-2,5,7,9H2,(H,19,20). The van der Waals surface area contributed by atoms with Crippen LogP contribution < -0.4 is 0 Å². The summed E-state index contributed by atoms with van der Waals surface area (Å²) in [5, 5.41) is 17.1. The minimum Gasteiger partial charge on any atom is -0.476 e. The lowest BCUT2D eigenvalue weighted by atomic mass is 10.1. The highest BCUT2D eigenvalue weighted by molar-refractivity contribution is 5.92. The molecule has 1 aliphatic rings. The Hall–Kier alpha value is -2.28. The van der Waals surface area contributed by atoms with Crippen LogP contribution in [0.15, 0.2) is 24.5 Å². The summed E-state index contributed by atoms with van der Waals surface area (Å²) >= 11 is 0. The van der Waals surface area contributed by atoms with E-state index in [-0.39, 0.29) is 11.8 Å². The summed E-state index contributed by atoms with van der Waals surface area (Å²) in [7, 11) is 0. The fraction of sp³-hybridized carbons (Fsp3) is 0.429. The van der Waals surface area contributed by atoms with Crippen molar-refractivity contribution < 1.29 is 14.6 Å². The van der Waals surface area contributed by atoms with E-state index in [4.69, 9.17) is 4.74 Å². The molecule has 0 aromatic carbocycles. The number of carboxylic acids is 1. The summed E-state index contributed by atoms with van der Waals surface area (Å²) < 4.78 is 7.30. The van der Waals surface area contributed by atoms with Gasteiger partial charge in [-0.1, -0.05) is 5.21 Å². The molecular formula is C14H16N4O3. The van der Waals surface area contributed by atoms with Crippen molar-refractivity contribution in [2.75, 3.05) is 6.61 Å². The zero-order valence-electron chi connectivity index (χ0n) is 11.5. The molecule has 0 spiro atoms. The average molecular weight is 288 g/mol. The van der Waals surface area contributed by atoms with Gasteiger partial charge < -0.3 is 9.84 Å². The molecule has 1 atom stereocenters. The maximum absolute atomic E-state index is 11.3. The van der Waals surface area contributed by atoms with Gasteiger partial charge in [0.2, 0.25) is 0 Å². The Morgan fingerprint density at radius 1 is 1.48 bits per heavy atom. The van der Waals surface area contributed by atoms with Crippen LogP contribution in [0, 0.1) is 0 Å². The van der Waals surface area contributed by atoms with Crippen LogP contribution in [0.3, 0.4) is 0 Å². The number of carboxylic acid groups (broad SMARTS) is 1. The number of carbonyl (C=O) groups is 1. The van der Waals surface area contributed by atoms with Crippen LogP contribution in [0.2, 0.25) is 0 Å². The van der Waals surface area contributed by atoms with E-state index in [9.17, 15) is 9.90 Å². The average Bonchev–Trinajstić information content (AvgIpc) is 2.93. The zero-order valence-corrected chi connectivity index (χ0v) is 11.5. The third-order valence-corrected chi connectivity index (χ3v) is 3.52. The highest BCUT2D eigenvalue weighted by atomic mass is 16.5. The molecule has 0 amide bonds. The van der Waals surface area contributed by atoms with Crippen LogP contribution in [0.1, 0.15) is 29.8 Å². The summed E-state index contributed by atoms with van der Waals surface area (Å²) in [6.07, 6.45) is 6.45. The van der Waals surface area contributed by atoms with Crippen molar-refractivity contribution in [2.24, 2.45) is 0 Å². The molecule has 0 aliphatic carbocycles. The molecule has 2 aromatic heterocycles. The quantitative estimate of drug-likeness (QED) is 0.919. The number of aromatic carboxylic acids is 1. The molecule has 1 N–H and O–H groups in total. The van der Waals surface area contributed by atoms with Crippen molar-refractivity contribution in [2.45, 2.75) is 31.9 Å². The van der Waals surface area contributed by atoms with Gasteiger partial charge in [-0.25, -0.2) is 9.48 Å². The lowest BCUT2D eigenvalue weighted by Crippen LogP contribution is -2.25. The monoisotopic (exact) mass is 288 g/mol. The molecule has 1 aliphatic heterocycles. The summed E-state index contributed by atoms with van der Waals surface area (Å²) in [6.45, 7) is 1.25. The minimum atomic E-state index is -1.09. The van der Waals surface area contributed by atoms with Gasteiger partial charge in [0.1, 0.15) is 5.69 Å². The van der Waals surface area contributed by atoms with Crippen molar-refractivity contribution in [3.05, 3.63) is 30.2 Å². The lowest BCUT2D eigenvalue weighted by Gasteiger charge is -2.22. The van der Waals surface area contributed by atoms with Gasteiger partial charge in [-0.15, -0.1) is 5.10 Å². The van der Waals surface area contributed by atoms with Crippen LogP contribution in [0.5, 0.6) is 0 Å². The molecular weight excluding hydrogens is 272 g/mol. The number of aromatic nitrogens is 4. The molecule has 1 saturated heterocycles. The van der Waals surface area contributed by atoms with Gasteiger partial charge in [0.05, 0.1) is 12.6 Å². The second kappa shape index (κ2) is 6.01. The first kappa shape index (κ1) is 13.7. The number of hydrogen-bond acceptors (Lipinski definition) is 5. The molecule has 7 nitrogen and oxygen atoms in total. The highest BCUT2D eigenvalue weighted by Gasteiger charge is 2.23. The fourth-order valence-corrected chi connectivity index (χ4v) is 2.52. The van der Waals surface area contributed by atoms with Gasteiger partial charge in [0.25, 0.3) is 0 Å². The molecule has 1 fully saturated rings. The van der Waals surface area contributed by atoms with E-state index in [1.807, 2.05) is 0 Å². The van der Waals surface area contributed by atoms with E-state index in [1.165, 1.54) is 0 Å². The predicted molar refractivity (Wildman–Crippen MR) is 73.8 cm³/mol. The van der Waals surface area contributed by atoms with Gasteiger partial charge in [0.15, 0.2) is 5.69 Å². The molecule has 21 heavy (non-hydrogen) atoms. The fourth-order valence-electron chi connectivity index (χ4n) is 2.52. The van der Waals surface area contributed by atoms with Crippen LogP contribution in [-0.2, 0) is 11.3 Å². The van der Waals surface area contributed by atoms with Crippen molar-refractivity contribution in [3.63, 3.8) is 0 Å². The van der Waals surface area contributed by atoms with Gasteiger partial charge in [-0.3, -0.25) is 4.98 Å². The van der Waals surface area contributed by atoms with Crippen molar-refractivity contribution in [1.82, 2.24) is 20.0 Å². The Bertz CT molecular complexity index is 620. The molecule has 0 saturated carbocycles. The molecule has 0 bridgehead atoms. The van der Waals surface area contributed by atoms with Crippen LogP contribution in [0.25, 0.3) is 11.3 Å². The van der Waals surface area contributed by atoms with E-state index in [1.54, 1.807) is 29.2 Å². The van der Waals surface area contributed by atoms with E-state index in [2.05, 4.69) is 15.3 Å². The van der Waals surface area contributed by atoms with Gasteiger partial charge in [-0.2, -0.15) is 0 Å². The Morgan fingerprint density at radius 2 is 2.38 bits per heavy atom. The maximum Gasteiger partial charge on any atom is 0.358 e. The Labute approximate surface area is 121 Å². The van der Waals surface area contributed by atoms with E-state index in [0.29, 0.717) is 17.8 Å². The van der Waals surface area contributed by atoms with Gasteiger partial charge in [0, 0.05) is 24.6 Å². The highest BCUT2D eigenvalue weighted by Crippen LogP contribution is 2.23. The minimum absolute atomic E-state index is 0.0533. The number of hydrogen-bond donors (Lipinski definition) is 1. The zero-order chi connectivity index (χ0) is 14.7. The number of pyridine rings is 1. The second-order valence-corrected chi connectivity index (χ2v) is 5.00. The SMILES string of the molecule is O=C(O)c1nnn(CC2CCCCO2)c1-c1cccnc1. The van der Waals surface area contributed by atoms with Crippen LogP contribution >= 0.6 is 0 Å². The second-order valence-electron chi connectivity index (χ2n) is 5.00. The Balaban J connectivity index is 1.95. The largest absolute Gasteiger partial charge is 0.476 e. The number of rotatable bonds is 4. The first-order valence-corrected chi connectivity index (χ1v) is 6.94. The first-order valence-electron chi connectivity index (χ1n) is 6.94. The van der Waals surface area contributed by atoms with Crippen LogP contribution in [-0.4, -0.2) is 43.8 Å². The van der Waals surface area contributed by atoms with Crippen LogP contribution in [0.4, 0.5) is 0 Å². The van der Waals surface area contributed by atoms with Gasteiger partial charge in [-0.05, 0) is 31.4 Å². The number of nitrogens with zero attached hydrogens (tertiary/aromatic N) is 4. The van der Waals surface area contributed by atoms with E-state index >= 15 is 0 Å². The molecule has 1 unspecified atom stereocenters. The summed E-state index contributed by atoms with van der Waals surface area (Å²) in [5.74, 6) is -1.09. The lowest BCUT2D eigenvalue weighted by molar-refractivity contribution is 0.00398. The molecule has 110 valence electrons. The van der Waals surface area contributed by atoms with E-state index in [0.717, 1.165) is 25.9 Å². The van der Waals surface area contributed by atoms with Gasteiger partial charge >= 0.3 is 5.97 Å². The summed E-state index contributed by atoms with van der Waals surface area (Å²) in [6, 6.07) is 3.56. The Kier molecular flexibility index (Phi) is 3.92. The maximum atomic E-state index is 11.3. The predicted octanol–water partition coefficient (Wildman–Crippen LogP) is 1.61. The van der Waals surface area contributed by atoms with E-state index < -0.39 is 5.97 Å². The molecule has 3 heterocycles. The van der Waals surface area contributed by atoms with Crippen molar-refractivity contribution in [3.8, 4) is 11.3 Å². The Morgan fingerprint density at radius 3 is 3.05 bits per heavy atom. The summed E-state index contributed by atoms with van der Waals surface area (Å²) in [4.78, 5) is 15.4. The molecule has 2 aromatic rings. The topological polar surface area (TPSA) is 90.1 Å². The summed E-state index contributed by atoms with van der Waals surface area (Å²) in [5.41, 5.74) is 1.11.